The maximum Gasteiger partial charge on any atom is 0.296 e. The molecular formula is C8H7ClN2O2. The highest BCUT2D eigenvalue weighted by Gasteiger charge is 2.29. The predicted molar refractivity (Wildman–Crippen MR) is 51.1 cm³/mol. The number of hydrogen-bond donors (Lipinski definition) is 2. The average molecular weight is 199 g/mol. The van der Waals surface area contributed by atoms with Crippen LogP contribution >= 0.6 is 12.4 Å². The monoisotopic (exact) mass is 198 g/mol. The number of fused-ring (bicyclic) bond motifs is 1. The highest BCUT2D eigenvalue weighted by atomic mass is 35.5. The van der Waals surface area contributed by atoms with Crippen LogP contribution in [0.25, 0.3) is 0 Å². The topological polar surface area (TPSA) is 72.2 Å². The molecule has 0 saturated carbocycles. The Morgan fingerprint density at radius 3 is 2.54 bits per heavy atom. The first-order valence-electron chi connectivity index (χ1n) is 3.44. The number of hydrogen-bond acceptors (Lipinski definition) is 3. The third-order valence-corrected chi connectivity index (χ3v) is 1.78. The van der Waals surface area contributed by atoms with Gasteiger partial charge >= 0.3 is 0 Å². The minimum absolute atomic E-state index is 0. The highest BCUT2D eigenvalue weighted by molar-refractivity contribution is 6.52. The van der Waals surface area contributed by atoms with Crippen molar-refractivity contribution in [3.8, 4) is 0 Å². The molecule has 1 heterocycles. The number of benzene rings is 1. The summed E-state index contributed by atoms with van der Waals surface area (Å²) in [5.41, 5.74) is 6.65. The molecule has 2 rings (SSSR count). The molecule has 0 fully saturated rings. The lowest BCUT2D eigenvalue weighted by Crippen LogP contribution is -2.13. The molecule has 68 valence electrons. The van der Waals surface area contributed by atoms with Gasteiger partial charge < -0.3 is 11.1 Å². The number of Topliss-reactive ketones (excluding diaryl/α,β-unsaturated/α-hetero) is 1. The van der Waals surface area contributed by atoms with Crippen LogP contribution in [0.15, 0.2) is 18.2 Å². The van der Waals surface area contributed by atoms with Gasteiger partial charge in [-0.25, -0.2) is 0 Å². The maximum absolute atomic E-state index is 11.1. The molecule has 3 N–H and O–H groups in total. The van der Waals surface area contributed by atoms with E-state index in [-0.39, 0.29) is 12.4 Å². The normalized spacial score (nSPS) is 13.2. The Bertz CT molecular complexity index is 390. The van der Waals surface area contributed by atoms with Gasteiger partial charge in [-0.2, -0.15) is 0 Å². The number of carbonyl (C=O) groups excluding carboxylic acids is 2. The molecule has 5 heteroatoms. The van der Waals surface area contributed by atoms with Crippen LogP contribution in [0.5, 0.6) is 0 Å². The standard InChI is InChI=1S/C8H6N2O2.ClH/c9-4-2-1-3-5-6(4)7(11)8(12)10-5;/h1-3H,9H2,(H,10,11,12);1H. The SMILES string of the molecule is Cl.Nc1cccc2c1C(=O)C(=O)N2. The number of nitrogens with one attached hydrogen (secondary N) is 1. The molecule has 4 nitrogen and oxygen atoms in total. The van der Waals surface area contributed by atoms with E-state index in [1.807, 2.05) is 0 Å². The number of anilines is 2. The molecule has 13 heavy (non-hydrogen) atoms. The summed E-state index contributed by atoms with van der Waals surface area (Å²) in [6, 6.07) is 4.93. The summed E-state index contributed by atoms with van der Waals surface area (Å²) in [6.45, 7) is 0. The maximum atomic E-state index is 11.1. The van der Waals surface area contributed by atoms with Gasteiger partial charge in [-0.1, -0.05) is 6.07 Å². The lowest BCUT2D eigenvalue weighted by molar-refractivity contribution is -0.112. The summed E-state index contributed by atoms with van der Waals surface area (Å²) in [4.78, 5) is 22.0. The molecule has 1 aliphatic rings. The molecule has 0 atom stereocenters. The molecule has 0 aliphatic carbocycles. The van der Waals surface area contributed by atoms with Gasteiger partial charge in [0, 0.05) is 5.69 Å². The second kappa shape index (κ2) is 3.06. The molecule has 0 radical (unpaired) electrons. The van der Waals surface area contributed by atoms with Crippen LogP contribution < -0.4 is 11.1 Å². The van der Waals surface area contributed by atoms with E-state index in [0.717, 1.165) is 0 Å². The number of ketones is 1. The summed E-state index contributed by atoms with van der Waals surface area (Å²) >= 11 is 0. The number of rotatable bonds is 0. The molecule has 1 aromatic rings. The van der Waals surface area contributed by atoms with E-state index in [0.29, 0.717) is 16.9 Å². The second-order valence-corrected chi connectivity index (χ2v) is 2.55. The van der Waals surface area contributed by atoms with Crippen molar-refractivity contribution < 1.29 is 9.59 Å². The Morgan fingerprint density at radius 2 is 1.92 bits per heavy atom. The lowest BCUT2D eigenvalue weighted by Gasteiger charge is -1.97. The Hall–Kier alpha value is -1.55. The van der Waals surface area contributed by atoms with Crippen molar-refractivity contribution in [2.24, 2.45) is 0 Å². The quantitative estimate of drug-likeness (QED) is 0.479. The third kappa shape index (κ3) is 1.25. The smallest absolute Gasteiger partial charge is 0.296 e. The molecular weight excluding hydrogens is 192 g/mol. The van der Waals surface area contributed by atoms with Crippen molar-refractivity contribution in [3.63, 3.8) is 0 Å². The summed E-state index contributed by atoms with van der Waals surface area (Å²) in [7, 11) is 0. The van der Waals surface area contributed by atoms with Gasteiger partial charge in [0.05, 0.1) is 11.3 Å². The van der Waals surface area contributed by atoms with Crippen LogP contribution in [0.3, 0.4) is 0 Å². The molecule has 1 aromatic carbocycles. The first-order chi connectivity index (χ1) is 5.70. The van der Waals surface area contributed by atoms with Crippen molar-refractivity contribution >= 4 is 35.5 Å². The van der Waals surface area contributed by atoms with Crippen LogP contribution in [-0.2, 0) is 4.79 Å². The molecule has 0 spiro atoms. The zero-order chi connectivity index (χ0) is 8.72. The van der Waals surface area contributed by atoms with Crippen molar-refractivity contribution in [3.05, 3.63) is 23.8 Å². The highest BCUT2D eigenvalue weighted by Crippen LogP contribution is 2.27. The first kappa shape index (κ1) is 9.54. The molecule has 1 amide bonds. The molecule has 0 aromatic heterocycles. The zero-order valence-corrected chi connectivity index (χ0v) is 7.35. The Morgan fingerprint density at radius 1 is 1.23 bits per heavy atom. The van der Waals surface area contributed by atoms with E-state index in [2.05, 4.69) is 5.32 Å². The van der Waals surface area contributed by atoms with Crippen LogP contribution in [0.2, 0.25) is 0 Å². The van der Waals surface area contributed by atoms with E-state index in [1.54, 1.807) is 18.2 Å². The number of carbonyl (C=O) groups is 2. The van der Waals surface area contributed by atoms with Crippen LogP contribution in [-0.4, -0.2) is 11.7 Å². The van der Waals surface area contributed by atoms with Gasteiger partial charge in [-0.15, -0.1) is 12.4 Å². The van der Waals surface area contributed by atoms with Crippen LogP contribution in [0, 0.1) is 0 Å². The molecule has 0 saturated heterocycles. The number of nitrogens with two attached hydrogens (primary N) is 1. The fraction of sp³-hybridized carbons (Fsp3) is 0. The van der Waals surface area contributed by atoms with E-state index in [1.165, 1.54) is 0 Å². The minimum atomic E-state index is -0.608. The summed E-state index contributed by atoms with van der Waals surface area (Å²) in [5, 5.41) is 2.42. The second-order valence-electron chi connectivity index (χ2n) is 2.55. The van der Waals surface area contributed by atoms with Gasteiger partial charge in [0.2, 0.25) is 0 Å². The predicted octanol–water partition coefficient (Wildman–Crippen LogP) is 0.825. The van der Waals surface area contributed by atoms with Crippen LogP contribution in [0.4, 0.5) is 11.4 Å². The zero-order valence-electron chi connectivity index (χ0n) is 6.53. The molecule has 1 aliphatic heterocycles. The van der Waals surface area contributed by atoms with E-state index >= 15 is 0 Å². The number of amides is 1. The van der Waals surface area contributed by atoms with Crippen LogP contribution in [0.1, 0.15) is 10.4 Å². The Balaban J connectivity index is 0.000000845. The van der Waals surface area contributed by atoms with Gasteiger partial charge in [0.1, 0.15) is 0 Å². The summed E-state index contributed by atoms with van der Waals surface area (Å²) < 4.78 is 0. The van der Waals surface area contributed by atoms with E-state index < -0.39 is 11.7 Å². The van der Waals surface area contributed by atoms with Gasteiger partial charge in [0.25, 0.3) is 11.7 Å². The fourth-order valence-corrected chi connectivity index (χ4v) is 1.22. The third-order valence-electron chi connectivity index (χ3n) is 1.78. The lowest BCUT2D eigenvalue weighted by atomic mass is 10.1. The van der Waals surface area contributed by atoms with Gasteiger partial charge in [-0.3, -0.25) is 9.59 Å². The van der Waals surface area contributed by atoms with Crippen molar-refractivity contribution in [1.82, 2.24) is 0 Å². The first-order valence-corrected chi connectivity index (χ1v) is 3.44. The van der Waals surface area contributed by atoms with Crippen molar-refractivity contribution in [1.29, 1.82) is 0 Å². The molecule has 0 unspecified atom stereocenters. The average Bonchev–Trinajstić information content (AvgIpc) is 2.29. The Kier molecular flexibility index (Phi) is 2.25. The Labute approximate surface area is 80.5 Å². The number of nitrogen functional groups attached to an aromatic ring is 1. The fourth-order valence-electron chi connectivity index (χ4n) is 1.22. The van der Waals surface area contributed by atoms with E-state index in [4.69, 9.17) is 5.73 Å². The largest absolute Gasteiger partial charge is 0.398 e. The van der Waals surface area contributed by atoms with Gasteiger partial charge in [-0.05, 0) is 12.1 Å². The van der Waals surface area contributed by atoms with Gasteiger partial charge in [0.15, 0.2) is 0 Å². The van der Waals surface area contributed by atoms with Crippen molar-refractivity contribution in [2.75, 3.05) is 11.1 Å². The summed E-state index contributed by atoms with van der Waals surface area (Å²) in [5.74, 6) is -1.16. The van der Waals surface area contributed by atoms with Crippen molar-refractivity contribution in [2.45, 2.75) is 0 Å². The summed E-state index contributed by atoms with van der Waals surface area (Å²) in [6.07, 6.45) is 0. The molecule has 0 bridgehead atoms. The minimum Gasteiger partial charge on any atom is -0.398 e. The van der Waals surface area contributed by atoms with E-state index in [9.17, 15) is 9.59 Å². The number of halogens is 1.